The van der Waals surface area contributed by atoms with Crippen LogP contribution in [0.3, 0.4) is 0 Å². The summed E-state index contributed by atoms with van der Waals surface area (Å²) in [7, 11) is 1.78. The lowest BCUT2D eigenvalue weighted by Gasteiger charge is -2.40. The van der Waals surface area contributed by atoms with Gasteiger partial charge in [-0.3, -0.25) is 4.68 Å². The van der Waals surface area contributed by atoms with E-state index in [-0.39, 0.29) is 12.1 Å². The molecule has 174 valence electrons. The molecule has 0 N–H and O–H groups in total. The first-order valence-corrected chi connectivity index (χ1v) is 11.3. The fraction of sp³-hybridized carbons (Fsp3) is 0.318. The summed E-state index contributed by atoms with van der Waals surface area (Å²) in [4.78, 5) is 19.4. The second-order valence-electron chi connectivity index (χ2n) is 8.09. The highest BCUT2D eigenvalue weighted by Crippen LogP contribution is 2.35. The van der Waals surface area contributed by atoms with E-state index in [1.54, 1.807) is 29.0 Å². The summed E-state index contributed by atoms with van der Waals surface area (Å²) in [5.74, 6) is -1.40. The van der Waals surface area contributed by atoms with Crippen LogP contribution in [0.15, 0.2) is 29.5 Å². The number of aryl methyl sites for hydroxylation is 2. The largest absolute Gasteiger partial charge is 0.463 e. The monoisotopic (exact) mass is 483 g/mol. The van der Waals surface area contributed by atoms with Crippen molar-refractivity contribution in [3.63, 3.8) is 0 Å². The van der Waals surface area contributed by atoms with Gasteiger partial charge < -0.3 is 9.64 Å². The fourth-order valence-electron chi connectivity index (χ4n) is 4.07. The van der Waals surface area contributed by atoms with Crippen LogP contribution >= 0.6 is 11.3 Å². The molecule has 0 aliphatic carbocycles. The summed E-state index contributed by atoms with van der Waals surface area (Å²) in [5, 5.41) is 19.4. The molecule has 1 saturated heterocycles. The van der Waals surface area contributed by atoms with Crippen LogP contribution in [0, 0.1) is 29.9 Å². The third-order valence-corrected chi connectivity index (χ3v) is 6.59. The van der Waals surface area contributed by atoms with Crippen LogP contribution in [0.1, 0.15) is 28.5 Å². The number of aromatic nitrogens is 3. The molecular formula is C22H19F2N7O2S. The number of rotatable bonds is 4. The molecule has 0 saturated carbocycles. The van der Waals surface area contributed by atoms with Gasteiger partial charge in [0.15, 0.2) is 0 Å². The van der Waals surface area contributed by atoms with E-state index in [9.17, 15) is 18.8 Å². The second kappa shape index (κ2) is 8.49. The van der Waals surface area contributed by atoms with Crippen LogP contribution in [0.2, 0.25) is 0 Å². The van der Waals surface area contributed by atoms with Gasteiger partial charge in [-0.2, -0.15) is 20.4 Å². The number of carbonyl (C=O) groups is 1. The Balaban J connectivity index is 1.24. The zero-order chi connectivity index (χ0) is 24.0. The van der Waals surface area contributed by atoms with E-state index >= 15 is 0 Å². The molecule has 2 aromatic heterocycles. The number of nitrogens with zero attached hydrogens (tertiary/aromatic N) is 7. The van der Waals surface area contributed by atoms with Gasteiger partial charge in [-0.25, -0.2) is 18.6 Å². The predicted molar refractivity (Wildman–Crippen MR) is 119 cm³/mol. The minimum absolute atomic E-state index is 0.293. The minimum Gasteiger partial charge on any atom is -0.463 e. The Hall–Kier alpha value is -3.85. The number of nitriles is 1. The van der Waals surface area contributed by atoms with E-state index in [0.29, 0.717) is 40.8 Å². The van der Waals surface area contributed by atoms with E-state index in [4.69, 9.17) is 4.74 Å². The predicted octanol–water partition coefficient (Wildman–Crippen LogP) is 3.62. The number of hydrogen-bond donors (Lipinski definition) is 0. The normalized spacial score (nSPS) is 17.7. The maximum Gasteiger partial charge on any atom is 0.341 e. The minimum atomic E-state index is -0.701. The Morgan fingerprint density at radius 3 is 2.65 bits per heavy atom. The Kier molecular flexibility index (Phi) is 5.49. The summed E-state index contributed by atoms with van der Waals surface area (Å²) in [5.41, 5.74) is 2.51. The number of ether oxygens (including phenoxy) is 1. The molecule has 2 amide bonds. The van der Waals surface area contributed by atoms with Crippen LogP contribution in [-0.2, 0) is 7.05 Å². The number of halogens is 2. The average Bonchev–Trinajstić information content (AvgIpc) is 3.48. The molecule has 2 aliphatic rings. The maximum absolute atomic E-state index is 13.7. The van der Waals surface area contributed by atoms with Gasteiger partial charge in [0.05, 0.1) is 31.0 Å². The quantitative estimate of drug-likeness (QED) is 0.564. The van der Waals surface area contributed by atoms with Crippen molar-refractivity contribution in [1.29, 1.82) is 5.26 Å². The maximum atomic E-state index is 13.7. The number of urea groups is 1. The van der Waals surface area contributed by atoms with Gasteiger partial charge in [0.2, 0.25) is 0 Å². The first-order chi connectivity index (χ1) is 16.3. The number of amides is 2. The topological polar surface area (TPSA) is 99.6 Å². The molecule has 0 spiro atoms. The van der Waals surface area contributed by atoms with Gasteiger partial charge in [-0.1, -0.05) is 11.3 Å². The SMILES string of the molecule is Cc1cnn(C)c1-c1nc(OC2CN(C(=O)N3N=CC[C@H]3c3cc(F)cc(F)c3)C2)sc1C#N. The van der Waals surface area contributed by atoms with Crippen molar-refractivity contribution in [2.24, 2.45) is 12.1 Å². The standard InChI is InChI=1S/C22H19F2N7O2S/c1-12-9-27-29(2)20(12)19-18(8-25)34-21(28-19)33-16-10-30(11-16)22(32)31-17(3-4-26-31)13-5-14(23)7-15(24)6-13/h4-7,9,16-17H,3,10-11H2,1-2H3/t17-/m0/s1. The lowest BCUT2D eigenvalue weighted by molar-refractivity contribution is 0.0276. The van der Waals surface area contributed by atoms with Crippen LogP contribution < -0.4 is 4.74 Å². The molecule has 1 fully saturated rings. The van der Waals surface area contributed by atoms with Crippen molar-refractivity contribution in [2.45, 2.75) is 25.5 Å². The molecule has 9 nitrogen and oxygen atoms in total. The summed E-state index contributed by atoms with van der Waals surface area (Å²) in [6.45, 7) is 2.50. The molecule has 12 heteroatoms. The number of benzene rings is 1. The van der Waals surface area contributed by atoms with E-state index in [1.807, 2.05) is 6.92 Å². The zero-order valence-electron chi connectivity index (χ0n) is 18.3. The third kappa shape index (κ3) is 3.88. The smallest absolute Gasteiger partial charge is 0.341 e. The highest BCUT2D eigenvalue weighted by Gasteiger charge is 2.39. The Morgan fingerprint density at radius 2 is 2.00 bits per heavy atom. The second-order valence-corrected chi connectivity index (χ2v) is 9.06. The number of hydrazone groups is 1. The van der Waals surface area contributed by atoms with Crippen molar-refractivity contribution >= 4 is 23.6 Å². The van der Waals surface area contributed by atoms with Crippen molar-refractivity contribution in [3.05, 3.63) is 52.0 Å². The van der Waals surface area contributed by atoms with Gasteiger partial charge in [-0.05, 0) is 30.2 Å². The lowest BCUT2D eigenvalue weighted by Crippen LogP contribution is -2.58. The average molecular weight is 484 g/mol. The molecular weight excluding hydrogens is 464 g/mol. The number of carbonyl (C=O) groups excluding carboxylic acids is 1. The van der Waals surface area contributed by atoms with E-state index in [0.717, 1.165) is 28.7 Å². The Morgan fingerprint density at radius 1 is 1.26 bits per heavy atom. The van der Waals surface area contributed by atoms with Gasteiger partial charge in [0.1, 0.15) is 34.4 Å². The molecule has 3 aromatic rings. The molecule has 34 heavy (non-hydrogen) atoms. The van der Waals surface area contributed by atoms with Crippen molar-refractivity contribution in [2.75, 3.05) is 13.1 Å². The van der Waals surface area contributed by atoms with Gasteiger partial charge in [-0.15, -0.1) is 0 Å². The van der Waals surface area contributed by atoms with Crippen LogP contribution in [0.25, 0.3) is 11.4 Å². The zero-order valence-corrected chi connectivity index (χ0v) is 19.1. The van der Waals surface area contributed by atoms with Crippen LogP contribution in [0.5, 0.6) is 5.19 Å². The van der Waals surface area contributed by atoms with Crippen LogP contribution in [0.4, 0.5) is 13.6 Å². The van der Waals surface area contributed by atoms with Crippen molar-refractivity contribution < 1.29 is 18.3 Å². The molecule has 2 aliphatic heterocycles. The molecule has 5 rings (SSSR count). The number of likely N-dealkylation sites (tertiary alicyclic amines) is 1. The highest BCUT2D eigenvalue weighted by molar-refractivity contribution is 7.14. The summed E-state index contributed by atoms with van der Waals surface area (Å²) in [6, 6.07) is 4.43. The van der Waals surface area contributed by atoms with E-state index < -0.39 is 17.7 Å². The fourth-order valence-corrected chi connectivity index (χ4v) is 4.85. The third-order valence-electron chi connectivity index (χ3n) is 5.74. The first kappa shape index (κ1) is 22.0. The first-order valence-electron chi connectivity index (χ1n) is 10.5. The van der Waals surface area contributed by atoms with Crippen molar-refractivity contribution in [1.82, 2.24) is 24.7 Å². The molecule has 0 radical (unpaired) electrons. The summed E-state index contributed by atoms with van der Waals surface area (Å²) in [6.07, 6.45) is 3.34. The number of thiazole rings is 1. The lowest BCUT2D eigenvalue weighted by atomic mass is 10.0. The Labute approximate surface area is 197 Å². The number of hydrogen-bond acceptors (Lipinski definition) is 7. The summed E-state index contributed by atoms with van der Waals surface area (Å²) < 4.78 is 34.9. The van der Waals surface area contributed by atoms with Crippen LogP contribution in [-0.4, -0.2) is 56.1 Å². The summed E-state index contributed by atoms with van der Waals surface area (Å²) >= 11 is 1.14. The molecule has 4 heterocycles. The van der Waals surface area contributed by atoms with E-state index in [2.05, 4.69) is 21.3 Å². The molecule has 1 aromatic carbocycles. The van der Waals surface area contributed by atoms with E-state index in [1.165, 1.54) is 17.1 Å². The Bertz CT molecular complexity index is 1300. The highest BCUT2D eigenvalue weighted by atomic mass is 32.1. The van der Waals surface area contributed by atoms with Gasteiger partial charge in [0, 0.05) is 25.7 Å². The van der Waals surface area contributed by atoms with Crippen molar-refractivity contribution in [3.8, 4) is 22.7 Å². The molecule has 1 atom stereocenters. The van der Waals surface area contributed by atoms with Gasteiger partial charge >= 0.3 is 6.03 Å². The molecule has 0 bridgehead atoms. The molecule has 0 unspecified atom stereocenters. The van der Waals surface area contributed by atoms with Gasteiger partial charge in [0.25, 0.3) is 5.19 Å².